The van der Waals surface area contributed by atoms with Crippen LogP contribution in [0, 0.1) is 0 Å². The second kappa shape index (κ2) is 3.80. The molecule has 2 N–H and O–H groups in total. The van der Waals surface area contributed by atoms with Gasteiger partial charge in [-0.15, -0.1) is 0 Å². The van der Waals surface area contributed by atoms with Crippen molar-refractivity contribution in [2.45, 2.75) is 18.9 Å². The van der Waals surface area contributed by atoms with Crippen molar-refractivity contribution in [2.75, 3.05) is 0 Å². The van der Waals surface area contributed by atoms with Crippen molar-refractivity contribution in [2.24, 2.45) is 0 Å². The number of ether oxygens (including phenoxy) is 1. The molecule has 0 aromatic carbocycles. The maximum Gasteiger partial charge on any atom is 0.355 e. The molecule has 1 fully saturated rings. The van der Waals surface area contributed by atoms with Crippen LogP contribution >= 0.6 is 0 Å². The van der Waals surface area contributed by atoms with E-state index in [1.807, 2.05) is 0 Å². The van der Waals surface area contributed by atoms with Crippen LogP contribution in [-0.4, -0.2) is 33.2 Å². The molecule has 0 atom stereocenters. The normalized spacial score (nSPS) is 14.5. The van der Waals surface area contributed by atoms with Gasteiger partial charge in [-0.25, -0.2) is 14.6 Å². The van der Waals surface area contributed by atoms with E-state index >= 15 is 0 Å². The molecule has 1 heterocycles. The van der Waals surface area contributed by atoms with E-state index in [9.17, 15) is 9.59 Å². The lowest BCUT2D eigenvalue weighted by Crippen LogP contribution is -2.11. The molecule has 6 nitrogen and oxygen atoms in total. The van der Waals surface area contributed by atoms with Gasteiger partial charge in [0.15, 0.2) is 5.69 Å². The molecule has 84 valence electrons. The minimum Gasteiger partial charge on any atom is -0.489 e. The van der Waals surface area contributed by atoms with E-state index in [1.54, 1.807) is 0 Å². The molecule has 16 heavy (non-hydrogen) atoms. The Kier molecular flexibility index (Phi) is 2.47. The molecule has 0 unspecified atom stereocenters. The number of carbonyl (C=O) groups is 2. The molecule has 1 aliphatic rings. The van der Waals surface area contributed by atoms with Gasteiger partial charge in [0.2, 0.25) is 0 Å². The topological polar surface area (TPSA) is 96.7 Å². The molecule has 1 aromatic heterocycles. The van der Waals surface area contributed by atoms with Crippen LogP contribution in [-0.2, 0) is 0 Å². The van der Waals surface area contributed by atoms with Crippen molar-refractivity contribution in [1.29, 1.82) is 0 Å². The quantitative estimate of drug-likeness (QED) is 0.790. The Hall–Kier alpha value is -2.11. The maximum atomic E-state index is 10.8. The largest absolute Gasteiger partial charge is 0.489 e. The third kappa shape index (κ3) is 2.10. The van der Waals surface area contributed by atoms with Crippen LogP contribution in [0.3, 0.4) is 0 Å². The highest BCUT2D eigenvalue weighted by atomic mass is 16.5. The van der Waals surface area contributed by atoms with Crippen LogP contribution in [0.4, 0.5) is 0 Å². The summed E-state index contributed by atoms with van der Waals surface area (Å²) in [5.74, 6) is -2.40. The number of carboxylic acid groups (broad SMARTS) is 2. The van der Waals surface area contributed by atoms with E-state index in [0.29, 0.717) is 5.75 Å². The zero-order chi connectivity index (χ0) is 11.7. The first-order chi connectivity index (χ1) is 7.58. The average Bonchev–Trinajstić information content (AvgIpc) is 3.01. The number of pyridine rings is 1. The first-order valence-electron chi connectivity index (χ1n) is 4.71. The first kappa shape index (κ1) is 10.4. The molecular weight excluding hydrogens is 214 g/mol. The molecule has 0 radical (unpaired) electrons. The lowest BCUT2D eigenvalue weighted by atomic mass is 10.2. The number of aromatic carboxylic acids is 2. The highest BCUT2D eigenvalue weighted by Gasteiger charge is 2.25. The van der Waals surface area contributed by atoms with Crippen molar-refractivity contribution >= 4 is 11.9 Å². The molecule has 0 aliphatic heterocycles. The maximum absolute atomic E-state index is 10.8. The third-order valence-electron chi connectivity index (χ3n) is 2.12. The Morgan fingerprint density at radius 1 is 1.31 bits per heavy atom. The fraction of sp³-hybridized carbons (Fsp3) is 0.300. The van der Waals surface area contributed by atoms with Crippen LogP contribution in [0.5, 0.6) is 5.75 Å². The van der Waals surface area contributed by atoms with Gasteiger partial charge in [0.1, 0.15) is 5.75 Å². The Bertz CT molecular complexity index is 453. The Labute approximate surface area is 90.5 Å². The average molecular weight is 223 g/mol. The van der Waals surface area contributed by atoms with Gasteiger partial charge < -0.3 is 14.9 Å². The van der Waals surface area contributed by atoms with Gasteiger partial charge in [-0.2, -0.15) is 0 Å². The molecule has 1 aliphatic carbocycles. The second-order valence-electron chi connectivity index (χ2n) is 3.49. The fourth-order valence-corrected chi connectivity index (χ4v) is 1.22. The van der Waals surface area contributed by atoms with Crippen molar-refractivity contribution in [3.63, 3.8) is 0 Å². The Balaban J connectivity index is 2.34. The molecule has 0 amide bonds. The molecule has 0 saturated heterocycles. The number of hydrogen-bond donors (Lipinski definition) is 2. The summed E-state index contributed by atoms with van der Waals surface area (Å²) in [7, 11) is 0. The van der Waals surface area contributed by atoms with Crippen LogP contribution in [0.2, 0.25) is 0 Å². The molecule has 6 heteroatoms. The second-order valence-corrected chi connectivity index (χ2v) is 3.49. The lowest BCUT2D eigenvalue weighted by Gasteiger charge is -2.06. The summed E-state index contributed by atoms with van der Waals surface area (Å²) in [6.07, 6.45) is 3.21. The highest BCUT2D eigenvalue weighted by molar-refractivity contribution is 6.00. The predicted molar refractivity (Wildman–Crippen MR) is 51.8 cm³/mol. The molecule has 0 spiro atoms. The first-order valence-corrected chi connectivity index (χ1v) is 4.71. The molecule has 1 saturated carbocycles. The highest BCUT2D eigenvalue weighted by Crippen LogP contribution is 2.27. The van der Waals surface area contributed by atoms with E-state index in [0.717, 1.165) is 12.8 Å². The van der Waals surface area contributed by atoms with Gasteiger partial charge in [-0.05, 0) is 18.9 Å². The Morgan fingerprint density at radius 3 is 2.50 bits per heavy atom. The zero-order valence-electron chi connectivity index (χ0n) is 8.21. The van der Waals surface area contributed by atoms with E-state index in [-0.39, 0.29) is 11.7 Å². The summed E-state index contributed by atoms with van der Waals surface area (Å²) in [6, 6.07) is 1.19. The van der Waals surface area contributed by atoms with Crippen molar-refractivity contribution in [1.82, 2.24) is 4.98 Å². The van der Waals surface area contributed by atoms with E-state index < -0.39 is 17.6 Å². The molecule has 1 aromatic rings. The molecule has 2 rings (SSSR count). The van der Waals surface area contributed by atoms with Crippen LogP contribution in [0.15, 0.2) is 12.3 Å². The van der Waals surface area contributed by atoms with Gasteiger partial charge in [-0.1, -0.05) is 0 Å². The summed E-state index contributed by atoms with van der Waals surface area (Å²) >= 11 is 0. The number of nitrogens with zero attached hydrogens (tertiary/aromatic N) is 1. The third-order valence-corrected chi connectivity index (χ3v) is 2.12. The van der Waals surface area contributed by atoms with Gasteiger partial charge >= 0.3 is 11.9 Å². The van der Waals surface area contributed by atoms with Gasteiger partial charge in [0.25, 0.3) is 0 Å². The van der Waals surface area contributed by atoms with Crippen LogP contribution in [0.25, 0.3) is 0 Å². The van der Waals surface area contributed by atoms with Crippen molar-refractivity contribution in [3.05, 3.63) is 23.5 Å². The van der Waals surface area contributed by atoms with E-state index in [1.165, 1.54) is 12.3 Å². The number of carboxylic acids is 2. The lowest BCUT2D eigenvalue weighted by molar-refractivity contribution is 0.0645. The number of hydrogen-bond acceptors (Lipinski definition) is 4. The zero-order valence-corrected chi connectivity index (χ0v) is 8.21. The number of rotatable bonds is 4. The molecule has 0 bridgehead atoms. The minimum absolute atomic E-state index is 0.110. The van der Waals surface area contributed by atoms with Gasteiger partial charge in [0, 0.05) is 0 Å². The monoisotopic (exact) mass is 223 g/mol. The van der Waals surface area contributed by atoms with Gasteiger partial charge in [-0.3, -0.25) is 0 Å². The van der Waals surface area contributed by atoms with Crippen molar-refractivity contribution < 1.29 is 24.5 Å². The summed E-state index contributed by atoms with van der Waals surface area (Å²) in [5, 5.41) is 17.6. The SMILES string of the molecule is O=C(O)c1cc(OC2CC2)cnc1C(=O)O. The fourth-order valence-electron chi connectivity index (χ4n) is 1.22. The molecular formula is C10H9NO5. The van der Waals surface area contributed by atoms with Crippen LogP contribution in [0.1, 0.15) is 33.7 Å². The van der Waals surface area contributed by atoms with Gasteiger partial charge in [0.05, 0.1) is 17.9 Å². The summed E-state index contributed by atoms with van der Waals surface area (Å²) < 4.78 is 5.33. The summed E-state index contributed by atoms with van der Waals surface area (Å²) in [5.41, 5.74) is -0.832. The smallest absolute Gasteiger partial charge is 0.355 e. The van der Waals surface area contributed by atoms with Crippen molar-refractivity contribution in [3.8, 4) is 5.75 Å². The predicted octanol–water partition coefficient (Wildman–Crippen LogP) is 1.02. The minimum atomic E-state index is -1.37. The number of aromatic nitrogens is 1. The van der Waals surface area contributed by atoms with Crippen LogP contribution < -0.4 is 4.74 Å². The standard InChI is InChI=1S/C10H9NO5/c12-9(13)7-3-6(16-5-1-2-5)4-11-8(7)10(14)15/h3-5H,1-2H2,(H,12,13)(H,14,15). The van der Waals surface area contributed by atoms with E-state index in [2.05, 4.69) is 4.98 Å². The summed E-state index contributed by atoms with van der Waals surface area (Å²) in [4.78, 5) is 25.1. The Morgan fingerprint density at radius 2 is 2.00 bits per heavy atom. The summed E-state index contributed by atoms with van der Waals surface area (Å²) in [6.45, 7) is 0. The van der Waals surface area contributed by atoms with E-state index in [4.69, 9.17) is 14.9 Å².